The highest BCUT2D eigenvalue weighted by Crippen LogP contribution is 2.31. The fourth-order valence-corrected chi connectivity index (χ4v) is 4.02. The SMILES string of the molecule is CC(C)CN(Cc1cccc(OS(=O)(=O)c2cccc(C(F)(F)F)c2)c1)C(=O)C(C)(C)C. The van der Waals surface area contributed by atoms with E-state index in [0.717, 1.165) is 18.2 Å². The minimum Gasteiger partial charge on any atom is -0.379 e. The van der Waals surface area contributed by atoms with E-state index in [1.165, 1.54) is 12.1 Å². The normalized spacial score (nSPS) is 12.7. The van der Waals surface area contributed by atoms with Crippen LogP contribution in [0.4, 0.5) is 13.2 Å². The molecule has 176 valence electrons. The van der Waals surface area contributed by atoms with Gasteiger partial charge in [-0.05, 0) is 41.8 Å². The summed E-state index contributed by atoms with van der Waals surface area (Å²) in [5.74, 6) is 0.128. The number of hydrogen-bond donors (Lipinski definition) is 0. The summed E-state index contributed by atoms with van der Waals surface area (Å²) in [6.07, 6.45) is -4.68. The molecule has 0 unspecified atom stereocenters. The molecule has 0 N–H and O–H groups in total. The van der Waals surface area contributed by atoms with E-state index in [1.54, 1.807) is 17.0 Å². The Morgan fingerprint density at radius 2 is 1.66 bits per heavy atom. The van der Waals surface area contributed by atoms with Crippen LogP contribution in [0, 0.1) is 11.3 Å². The van der Waals surface area contributed by atoms with Gasteiger partial charge in [-0.2, -0.15) is 21.6 Å². The summed E-state index contributed by atoms with van der Waals surface area (Å²) in [5.41, 5.74) is -1.03. The number of carbonyl (C=O) groups excluding carboxylic acids is 1. The van der Waals surface area contributed by atoms with Crippen LogP contribution in [0.5, 0.6) is 5.75 Å². The van der Waals surface area contributed by atoms with Gasteiger partial charge in [0.15, 0.2) is 0 Å². The number of benzene rings is 2. The summed E-state index contributed by atoms with van der Waals surface area (Å²) in [6.45, 7) is 10.2. The summed E-state index contributed by atoms with van der Waals surface area (Å²) >= 11 is 0. The van der Waals surface area contributed by atoms with Gasteiger partial charge >= 0.3 is 16.3 Å². The van der Waals surface area contributed by atoms with Crippen molar-refractivity contribution in [2.75, 3.05) is 6.54 Å². The number of halogens is 3. The van der Waals surface area contributed by atoms with Crippen molar-refractivity contribution < 1.29 is 30.6 Å². The van der Waals surface area contributed by atoms with Crippen LogP contribution < -0.4 is 4.18 Å². The van der Waals surface area contributed by atoms with Crippen LogP contribution in [0.25, 0.3) is 0 Å². The maximum atomic E-state index is 12.9. The van der Waals surface area contributed by atoms with Crippen molar-refractivity contribution in [1.82, 2.24) is 4.90 Å². The molecule has 0 aliphatic carbocycles. The standard InChI is InChI=1S/C23H28F3NO4S/c1-16(2)14-27(21(28)22(3,4)5)15-17-8-6-10-19(12-17)31-32(29,30)20-11-7-9-18(13-20)23(24,25)26/h6-13,16H,14-15H2,1-5H3. The third-order valence-electron chi connectivity index (χ3n) is 4.44. The van der Waals surface area contributed by atoms with Gasteiger partial charge in [-0.25, -0.2) is 0 Å². The molecule has 0 aliphatic heterocycles. The van der Waals surface area contributed by atoms with Gasteiger partial charge in [0.1, 0.15) is 10.6 Å². The number of amides is 1. The van der Waals surface area contributed by atoms with Crippen LogP contribution in [0.2, 0.25) is 0 Å². The predicted octanol–water partition coefficient (Wildman–Crippen LogP) is 5.50. The minimum atomic E-state index is -4.68. The van der Waals surface area contributed by atoms with Crippen LogP contribution in [0.1, 0.15) is 45.7 Å². The van der Waals surface area contributed by atoms with E-state index in [2.05, 4.69) is 0 Å². The molecule has 0 atom stereocenters. The molecule has 0 saturated heterocycles. The second-order valence-corrected chi connectivity index (χ2v) is 10.6. The molecule has 0 spiro atoms. The van der Waals surface area contributed by atoms with Gasteiger partial charge in [0.05, 0.1) is 5.56 Å². The molecule has 0 heterocycles. The average molecular weight is 472 g/mol. The lowest BCUT2D eigenvalue weighted by molar-refractivity contribution is -0.140. The van der Waals surface area contributed by atoms with Gasteiger partial charge < -0.3 is 9.08 Å². The number of carbonyl (C=O) groups is 1. The van der Waals surface area contributed by atoms with Crippen molar-refractivity contribution >= 4 is 16.0 Å². The third kappa shape index (κ3) is 6.98. The molecule has 2 aromatic carbocycles. The Morgan fingerprint density at radius 1 is 1.03 bits per heavy atom. The smallest absolute Gasteiger partial charge is 0.379 e. The van der Waals surface area contributed by atoms with Crippen molar-refractivity contribution in [3.63, 3.8) is 0 Å². The first-order chi connectivity index (χ1) is 14.6. The highest BCUT2D eigenvalue weighted by atomic mass is 32.2. The van der Waals surface area contributed by atoms with Crippen molar-refractivity contribution in [1.29, 1.82) is 0 Å². The van der Waals surface area contributed by atoms with Crippen molar-refractivity contribution in [2.45, 2.75) is 52.2 Å². The maximum absolute atomic E-state index is 12.9. The van der Waals surface area contributed by atoms with E-state index in [9.17, 15) is 26.4 Å². The molecule has 2 aromatic rings. The molecule has 0 bridgehead atoms. The van der Waals surface area contributed by atoms with Crippen LogP contribution in [-0.4, -0.2) is 25.8 Å². The highest BCUT2D eigenvalue weighted by molar-refractivity contribution is 7.87. The number of nitrogens with zero attached hydrogens (tertiary/aromatic N) is 1. The van der Waals surface area contributed by atoms with E-state index in [0.29, 0.717) is 18.2 Å². The summed E-state index contributed by atoms with van der Waals surface area (Å²) in [6, 6.07) is 9.54. The van der Waals surface area contributed by atoms with Gasteiger partial charge in [-0.3, -0.25) is 4.79 Å². The highest BCUT2D eigenvalue weighted by Gasteiger charge is 2.32. The Kier molecular flexibility index (Phi) is 7.65. The van der Waals surface area contributed by atoms with Gasteiger partial charge in [0.25, 0.3) is 0 Å². The zero-order valence-electron chi connectivity index (χ0n) is 18.7. The van der Waals surface area contributed by atoms with Crippen LogP contribution in [-0.2, 0) is 27.6 Å². The van der Waals surface area contributed by atoms with Gasteiger partial charge in [0, 0.05) is 18.5 Å². The second kappa shape index (κ2) is 9.52. The third-order valence-corrected chi connectivity index (χ3v) is 5.69. The lowest BCUT2D eigenvalue weighted by atomic mass is 9.94. The first-order valence-electron chi connectivity index (χ1n) is 10.1. The van der Waals surface area contributed by atoms with E-state index in [-0.39, 0.29) is 24.1 Å². The van der Waals surface area contributed by atoms with Crippen molar-refractivity contribution in [2.24, 2.45) is 11.3 Å². The van der Waals surface area contributed by atoms with Crippen molar-refractivity contribution in [3.05, 3.63) is 59.7 Å². The molecule has 0 aromatic heterocycles. The molecule has 0 radical (unpaired) electrons. The lowest BCUT2D eigenvalue weighted by Gasteiger charge is -2.31. The summed E-state index contributed by atoms with van der Waals surface area (Å²) < 4.78 is 69.0. The van der Waals surface area contributed by atoms with Crippen LogP contribution in [0.15, 0.2) is 53.4 Å². The fourth-order valence-electron chi connectivity index (χ4n) is 3.05. The van der Waals surface area contributed by atoms with Gasteiger partial charge in [0.2, 0.25) is 5.91 Å². The molecule has 2 rings (SSSR count). The van der Waals surface area contributed by atoms with Crippen LogP contribution >= 0.6 is 0 Å². The molecule has 1 amide bonds. The Morgan fingerprint density at radius 3 is 2.22 bits per heavy atom. The van der Waals surface area contributed by atoms with E-state index in [1.807, 2.05) is 34.6 Å². The molecule has 32 heavy (non-hydrogen) atoms. The van der Waals surface area contributed by atoms with E-state index >= 15 is 0 Å². The number of hydrogen-bond acceptors (Lipinski definition) is 4. The molecular formula is C23H28F3NO4S. The minimum absolute atomic E-state index is 0.0471. The molecule has 0 saturated carbocycles. The summed E-state index contributed by atoms with van der Waals surface area (Å²) in [7, 11) is -4.48. The average Bonchev–Trinajstić information content (AvgIpc) is 2.65. The Labute approximate surface area is 187 Å². The molecule has 0 fully saturated rings. The largest absolute Gasteiger partial charge is 0.416 e. The van der Waals surface area contributed by atoms with Crippen LogP contribution in [0.3, 0.4) is 0 Å². The summed E-state index contributed by atoms with van der Waals surface area (Å²) in [4.78, 5) is 13.9. The Bertz CT molecular complexity index is 1060. The predicted molar refractivity (Wildman–Crippen MR) is 115 cm³/mol. The Balaban J connectivity index is 2.28. The zero-order chi connectivity index (χ0) is 24.3. The maximum Gasteiger partial charge on any atom is 0.416 e. The zero-order valence-corrected chi connectivity index (χ0v) is 19.5. The lowest BCUT2D eigenvalue weighted by Crippen LogP contribution is -2.41. The Hall–Kier alpha value is -2.55. The van der Waals surface area contributed by atoms with Gasteiger partial charge in [-0.15, -0.1) is 0 Å². The monoisotopic (exact) mass is 471 g/mol. The quantitative estimate of drug-likeness (QED) is 0.500. The topological polar surface area (TPSA) is 63.7 Å². The molecule has 5 nitrogen and oxygen atoms in total. The van der Waals surface area contributed by atoms with E-state index < -0.39 is 32.2 Å². The molecule has 9 heteroatoms. The van der Waals surface area contributed by atoms with E-state index in [4.69, 9.17) is 4.18 Å². The van der Waals surface area contributed by atoms with Gasteiger partial charge in [-0.1, -0.05) is 52.8 Å². The fraction of sp³-hybridized carbons (Fsp3) is 0.435. The van der Waals surface area contributed by atoms with Crippen molar-refractivity contribution in [3.8, 4) is 5.75 Å². The first kappa shape index (κ1) is 25.7. The molecular weight excluding hydrogens is 443 g/mol. The summed E-state index contributed by atoms with van der Waals surface area (Å²) in [5, 5.41) is 0. The molecule has 0 aliphatic rings. The number of rotatable bonds is 7. The number of alkyl halides is 3. The first-order valence-corrected chi connectivity index (χ1v) is 11.5. The second-order valence-electron chi connectivity index (χ2n) is 9.04.